The summed E-state index contributed by atoms with van der Waals surface area (Å²) in [7, 11) is 0. The molecule has 7 nitrogen and oxygen atoms in total. The number of pyridine rings is 3. The maximum atomic E-state index is 15.5. The average Bonchev–Trinajstić information content (AvgIpc) is 3.45. The summed E-state index contributed by atoms with van der Waals surface area (Å²) < 4.78 is 15.5. The van der Waals surface area contributed by atoms with Gasteiger partial charge in [-0.2, -0.15) is 0 Å². The van der Waals surface area contributed by atoms with Crippen LogP contribution >= 0.6 is 0 Å². The number of hydrogen-bond donors (Lipinski definition) is 2. The van der Waals surface area contributed by atoms with Crippen molar-refractivity contribution in [3.8, 4) is 11.3 Å². The van der Waals surface area contributed by atoms with Gasteiger partial charge in [0.05, 0.1) is 34.0 Å². The lowest BCUT2D eigenvalue weighted by atomic mass is 10.1. The number of rotatable bonds is 6. The first kappa shape index (κ1) is 19.2. The van der Waals surface area contributed by atoms with Crippen molar-refractivity contribution in [2.45, 2.75) is 32.2 Å². The summed E-state index contributed by atoms with van der Waals surface area (Å²) >= 11 is 0. The van der Waals surface area contributed by atoms with Gasteiger partial charge in [0.15, 0.2) is 11.6 Å². The molecule has 0 radical (unpaired) electrons. The van der Waals surface area contributed by atoms with E-state index in [-0.39, 0.29) is 5.69 Å². The molecule has 0 amide bonds. The Morgan fingerprint density at radius 1 is 1.09 bits per heavy atom. The van der Waals surface area contributed by atoms with E-state index in [9.17, 15) is 0 Å². The van der Waals surface area contributed by atoms with Crippen LogP contribution in [0.5, 0.6) is 0 Å². The zero-order valence-corrected chi connectivity index (χ0v) is 17.5. The van der Waals surface area contributed by atoms with E-state index in [0.29, 0.717) is 34.2 Å². The van der Waals surface area contributed by atoms with Crippen LogP contribution in [0.15, 0.2) is 48.1 Å². The van der Waals surface area contributed by atoms with Crippen molar-refractivity contribution in [1.29, 1.82) is 0 Å². The summed E-state index contributed by atoms with van der Waals surface area (Å²) in [4.78, 5) is 24.9. The van der Waals surface area contributed by atoms with E-state index in [2.05, 4.69) is 35.2 Å². The van der Waals surface area contributed by atoms with Gasteiger partial charge in [-0.05, 0) is 43.0 Å². The molecule has 1 saturated carbocycles. The molecule has 0 aromatic carbocycles. The van der Waals surface area contributed by atoms with E-state index in [0.717, 1.165) is 29.1 Å². The molecule has 8 heteroatoms. The van der Waals surface area contributed by atoms with Crippen LogP contribution in [0.1, 0.15) is 37.1 Å². The molecule has 1 fully saturated rings. The van der Waals surface area contributed by atoms with E-state index in [1.807, 2.05) is 18.3 Å². The van der Waals surface area contributed by atoms with Gasteiger partial charge in [-0.15, -0.1) is 0 Å². The standard InChI is InChI=1S/C24H22FN7/c25-21-20-19(30-23(20)24-31-17-5-6-26-12-18(17)32-24)13-29-22(21)16-7-15(10-28-11-16)9-27-8-14-3-1-2-4-14/h5-7,10-14,27H,1-4,8-9H2,(H,31,32). The smallest absolute Gasteiger partial charge is 0.161 e. The molecule has 160 valence electrons. The lowest BCUT2D eigenvalue weighted by Crippen LogP contribution is -2.39. The van der Waals surface area contributed by atoms with Gasteiger partial charge in [0, 0.05) is 30.7 Å². The molecular formula is C24H22FN7. The Hall–Kier alpha value is -3.52. The Morgan fingerprint density at radius 3 is 2.88 bits per heavy atom. The molecule has 2 N–H and O–H groups in total. The topological polar surface area (TPSA) is 91.7 Å². The predicted octanol–water partition coefficient (Wildman–Crippen LogP) is 2.62. The molecule has 1 aliphatic carbocycles. The van der Waals surface area contributed by atoms with Gasteiger partial charge in [-0.1, -0.05) is 12.8 Å². The second-order valence-electron chi connectivity index (χ2n) is 8.48. The summed E-state index contributed by atoms with van der Waals surface area (Å²) in [5, 5.41) is 4.49. The maximum Gasteiger partial charge on any atom is 0.161 e. The molecule has 5 heterocycles. The Bertz CT molecular complexity index is 1400. The van der Waals surface area contributed by atoms with E-state index < -0.39 is 5.82 Å². The number of nitrogens with zero attached hydrogens (tertiary/aromatic N) is 5. The summed E-state index contributed by atoms with van der Waals surface area (Å²) in [6.07, 6.45) is 13.7. The molecule has 0 unspecified atom stereocenters. The molecule has 4 aromatic heterocycles. The quantitative estimate of drug-likeness (QED) is 0.494. The van der Waals surface area contributed by atoms with Crippen molar-refractivity contribution < 1.29 is 4.39 Å². The van der Waals surface area contributed by atoms with Crippen LogP contribution in [-0.2, 0) is 6.54 Å². The Morgan fingerprint density at radius 2 is 2.00 bits per heavy atom. The lowest BCUT2D eigenvalue weighted by Gasteiger charge is -2.12. The van der Waals surface area contributed by atoms with Crippen LogP contribution < -0.4 is 15.9 Å². The van der Waals surface area contributed by atoms with Crippen molar-refractivity contribution in [2.75, 3.05) is 6.54 Å². The van der Waals surface area contributed by atoms with Crippen LogP contribution in [0.3, 0.4) is 0 Å². The number of imidazole rings is 1. The van der Waals surface area contributed by atoms with Gasteiger partial charge in [-0.25, -0.2) is 14.4 Å². The summed E-state index contributed by atoms with van der Waals surface area (Å²) in [5.41, 5.74) is 4.01. The van der Waals surface area contributed by atoms with Crippen LogP contribution in [0.4, 0.5) is 4.39 Å². The van der Waals surface area contributed by atoms with Gasteiger partial charge < -0.3 is 10.3 Å². The van der Waals surface area contributed by atoms with Crippen molar-refractivity contribution in [3.05, 3.63) is 70.9 Å². The molecule has 6 rings (SSSR count). The van der Waals surface area contributed by atoms with E-state index in [1.54, 1.807) is 24.8 Å². The highest BCUT2D eigenvalue weighted by atomic mass is 19.1. The summed E-state index contributed by atoms with van der Waals surface area (Å²) in [6, 6.07) is 3.76. The van der Waals surface area contributed by atoms with Crippen LogP contribution in [0, 0.1) is 11.7 Å². The van der Waals surface area contributed by atoms with Crippen molar-refractivity contribution >= 4 is 16.7 Å². The second kappa shape index (κ2) is 7.87. The number of aromatic nitrogens is 5. The normalized spacial score (nSPS) is 15.6. The highest BCUT2D eigenvalue weighted by Gasteiger charge is 2.21. The third kappa shape index (κ3) is 3.36. The van der Waals surface area contributed by atoms with Crippen molar-refractivity contribution in [3.63, 3.8) is 0 Å². The van der Waals surface area contributed by atoms with Crippen LogP contribution in [0.25, 0.3) is 28.0 Å². The summed E-state index contributed by atoms with van der Waals surface area (Å²) in [6.45, 7) is 1.73. The SMILES string of the molecule is Fc1c(-c2cncc(CNCC3CCCC3)c2)ncc2c1=C(c1nc3ccncc3[nH]1)N=2. The fourth-order valence-electron chi connectivity index (χ4n) is 4.60. The Balaban J connectivity index is 1.31. The van der Waals surface area contributed by atoms with Gasteiger partial charge in [0.25, 0.3) is 0 Å². The first-order valence-electron chi connectivity index (χ1n) is 11.0. The first-order valence-corrected chi connectivity index (χ1v) is 11.0. The fraction of sp³-hybridized carbons (Fsp3) is 0.292. The largest absolute Gasteiger partial charge is 0.335 e. The Labute approximate surface area is 183 Å². The average molecular weight is 427 g/mol. The highest BCUT2D eigenvalue weighted by molar-refractivity contribution is 5.78. The molecule has 2 aliphatic rings. The van der Waals surface area contributed by atoms with Gasteiger partial charge in [0.2, 0.25) is 0 Å². The zero-order chi connectivity index (χ0) is 21.5. The maximum absolute atomic E-state index is 15.5. The highest BCUT2D eigenvalue weighted by Crippen LogP contribution is 2.24. The number of aromatic amines is 1. The van der Waals surface area contributed by atoms with E-state index >= 15 is 4.39 Å². The van der Waals surface area contributed by atoms with Gasteiger partial charge in [-0.3, -0.25) is 15.0 Å². The molecule has 32 heavy (non-hydrogen) atoms. The third-order valence-electron chi connectivity index (χ3n) is 6.28. The number of hydrogen-bond acceptors (Lipinski definition) is 6. The number of fused-ring (bicyclic) bond motifs is 2. The predicted molar refractivity (Wildman–Crippen MR) is 118 cm³/mol. The molecule has 0 bridgehead atoms. The van der Waals surface area contributed by atoms with Crippen molar-refractivity contribution in [2.24, 2.45) is 10.9 Å². The first-order chi connectivity index (χ1) is 15.8. The zero-order valence-electron chi connectivity index (χ0n) is 17.5. The number of halogens is 1. The minimum atomic E-state index is -0.399. The molecule has 0 atom stereocenters. The number of H-pyrrole nitrogens is 1. The molecule has 4 aromatic rings. The number of nitrogens with one attached hydrogen (secondary N) is 2. The molecule has 0 saturated heterocycles. The fourth-order valence-corrected chi connectivity index (χ4v) is 4.60. The minimum Gasteiger partial charge on any atom is -0.335 e. The lowest BCUT2D eigenvalue weighted by molar-refractivity contribution is 0.489. The van der Waals surface area contributed by atoms with E-state index in [1.165, 1.54) is 25.7 Å². The second-order valence-corrected chi connectivity index (χ2v) is 8.48. The van der Waals surface area contributed by atoms with Gasteiger partial charge >= 0.3 is 0 Å². The van der Waals surface area contributed by atoms with E-state index in [4.69, 9.17) is 0 Å². The third-order valence-corrected chi connectivity index (χ3v) is 6.28. The Kier molecular flexibility index (Phi) is 4.72. The monoisotopic (exact) mass is 427 g/mol. The molecule has 0 spiro atoms. The van der Waals surface area contributed by atoms with Crippen LogP contribution in [-0.4, -0.2) is 31.5 Å². The minimum absolute atomic E-state index is 0.277. The van der Waals surface area contributed by atoms with Crippen LogP contribution in [0.2, 0.25) is 0 Å². The van der Waals surface area contributed by atoms with Gasteiger partial charge in [0.1, 0.15) is 11.4 Å². The summed E-state index contributed by atoms with van der Waals surface area (Å²) in [5.74, 6) is 0.897. The molecule has 1 aliphatic heterocycles. The van der Waals surface area contributed by atoms with Crippen molar-refractivity contribution in [1.82, 2.24) is 30.2 Å². The molecular weight excluding hydrogens is 405 g/mol.